The van der Waals surface area contributed by atoms with Crippen molar-refractivity contribution >= 4 is 23.2 Å². The average molecular weight is 409 g/mol. The molecule has 3 aromatic carbocycles. The minimum absolute atomic E-state index is 0.0892. The quantitative estimate of drug-likeness (QED) is 0.662. The van der Waals surface area contributed by atoms with Crippen molar-refractivity contribution in [2.45, 2.75) is 25.7 Å². The molecule has 1 N–H and O–H groups in total. The van der Waals surface area contributed by atoms with Crippen LogP contribution < -0.4 is 10.2 Å². The van der Waals surface area contributed by atoms with Gasteiger partial charge in [-0.2, -0.15) is 5.26 Å². The Kier molecular flexibility index (Phi) is 6.09. The third-order valence-corrected chi connectivity index (χ3v) is 5.50. The van der Waals surface area contributed by atoms with Crippen LogP contribution in [0.2, 0.25) is 0 Å². The number of nitrogens with one attached hydrogen (secondary N) is 1. The minimum Gasteiger partial charge on any atom is -0.322 e. The van der Waals surface area contributed by atoms with E-state index < -0.39 is 0 Å². The molecule has 0 aliphatic carbocycles. The monoisotopic (exact) mass is 409 g/mol. The van der Waals surface area contributed by atoms with E-state index in [1.807, 2.05) is 53.4 Å². The van der Waals surface area contributed by atoms with E-state index >= 15 is 0 Å². The highest BCUT2D eigenvalue weighted by molar-refractivity contribution is 6.04. The highest BCUT2D eigenvalue weighted by Crippen LogP contribution is 2.30. The predicted molar refractivity (Wildman–Crippen MR) is 121 cm³/mol. The van der Waals surface area contributed by atoms with Crippen molar-refractivity contribution in [2.24, 2.45) is 0 Å². The number of carbonyl (C=O) groups excluding carboxylic acids is 2. The lowest BCUT2D eigenvalue weighted by Crippen LogP contribution is -2.35. The van der Waals surface area contributed by atoms with Crippen molar-refractivity contribution in [3.05, 3.63) is 95.1 Å². The summed E-state index contributed by atoms with van der Waals surface area (Å²) in [7, 11) is 0. The zero-order valence-corrected chi connectivity index (χ0v) is 17.2. The highest BCUT2D eigenvalue weighted by Gasteiger charge is 2.22. The molecular formula is C26H23N3O2. The van der Waals surface area contributed by atoms with Crippen LogP contribution >= 0.6 is 0 Å². The van der Waals surface area contributed by atoms with Crippen molar-refractivity contribution in [3.8, 4) is 6.07 Å². The molecule has 5 nitrogen and oxygen atoms in total. The third-order valence-electron chi connectivity index (χ3n) is 5.50. The third kappa shape index (κ3) is 4.81. The van der Waals surface area contributed by atoms with Gasteiger partial charge in [-0.3, -0.25) is 9.59 Å². The van der Waals surface area contributed by atoms with E-state index in [0.717, 1.165) is 35.3 Å². The van der Waals surface area contributed by atoms with Gasteiger partial charge < -0.3 is 10.2 Å². The predicted octanol–water partition coefficient (Wildman–Crippen LogP) is 4.72. The lowest BCUT2D eigenvalue weighted by molar-refractivity contribution is -0.118. The second kappa shape index (κ2) is 9.27. The fraction of sp³-hybridized carbons (Fsp3) is 0.192. The number of rotatable bonds is 5. The summed E-state index contributed by atoms with van der Waals surface area (Å²) in [6.45, 7) is 0.703. The summed E-state index contributed by atoms with van der Waals surface area (Å²) < 4.78 is 0. The van der Waals surface area contributed by atoms with Gasteiger partial charge in [-0.15, -0.1) is 0 Å². The van der Waals surface area contributed by atoms with Gasteiger partial charge in [0, 0.05) is 29.9 Å². The van der Waals surface area contributed by atoms with Crippen LogP contribution in [-0.4, -0.2) is 18.4 Å². The van der Waals surface area contributed by atoms with Crippen molar-refractivity contribution in [3.63, 3.8) is 0 Å². The van der Waals surface area contributed by atoms with Gasteiger partial charge >= 0.3 is 0 Å². The number of anilines is 2. The number of hydrogen-bond acceptors (Lipinski definition) is 3. The van der Waals surface area contributed by atoms with Crippen LogP contribution in [0.1, 0.15) is 39.9 Å². The molecule has 0 unspecified atom stereocenters. The Hall–Kier alpha value is -3.91. The molecular weight excluding hydrogens is 386 g/mol. The summed E-state index contributed by atoms with van der Waals surface area (Å²) in [6, 6.07) is 24.3. The molecule has 154 valence electrons. The summed E-state index contributed by atoms with van der Waals surface area (Å²) >= 11 is 0. The van der Waals surface area contributed by atoms with Crippen molar-refractivity contribution < 1.29 is 9.59 Å². The highest BCUT2D eigenvalue weighted by atomic mass is 16.2. The Morgan fingerprint density at radius 2 is 1.77 bits per heavy atom. The van der Waals surface area contributed by atoms with Crippen molar-refractivity contribution in [2.75, 3.05) is 16.8 Å². The largest absolute Gasteiger partial charge is 0.322 e. The second-order valence-corrected chi connectivity index (χ2v) is 7.62. The summed E-state index contributed by atoms with van der Waals surface area (Å²) in [4.78, 5) is 27.2. The summed E-state index contributed by atoms with van der Waals surface area (Å²) in [6.07, 6.45) is 2.83. The van der Waals surface area contributed by atoms with Gasteiger partial charge in [0.15, 0.2) is 0 Å². The molecule has 2 amide bonds. The fourth-order valence-electron chi connectivity index (χ4n) is 3.86. The molecule has 0 fully saturated rings. The minimum atomic E-state index is -0.147. The average Bonchev–Trinajstić information content (AvgIpc) is 2.83. The summed E-state index contributed by atoms with van der Waals surface area (Å²) in [5.41, 5.74) is 5.01. The Balaban J connectivity index is 1.43. The molecule has 0 spiro atoms. The smallest absolute Gasteiger partial charge is 0.255 e. The molecule has 31 heavy (non-hydrogen) atoms. The van der Waals surface area contributed by atoms with Gasteiger partial charge in [0.2, 0.25) is 5.91 Å². The molecule has 1 aliphatic heterocycles. The number of nitriles is 1. The molecule has 1 aliphatic rings. The van der Waals surface area contributed by atoms with E-state index in [-0.39, 0.29) is 11.8 Å². The van der Waals surface area contributed by atoms with E-state index in [1.54, 1.807) is 24.3 Å². The Morgan fingerprint density at radius 1 is 1.00 bits per heavy atom. The van der Waals surface area contributed by atoms with Gasteiger partial charge in [-0.25, -0.2) is 0 Å². The summed E-state index contributed by atoms with van der Waals surface area (Å²) in [5.74, 6) is -0.0573. The number of benzene rings is 3. The van der Waals surface area contributed by atoms with E-state index in [4.69, 9.17) is 5.26 Å². The zero-order chi connectivity index (χ0) is 21.6. The first-order valence-electron chi connectivity index (χ1n) is 10.4. The molecule has 1 heterocycles. The lowest BCUT2D eigenvalue weighted by atomic mass is 9.99. The SMILES string of the molecule is N#Cc1ccc(CCC(=O)N2CCCc3cc(NC(=O)c4ccccc4)ccc32)cc1. The van der Waals surface area contributed by atoms with Gasteiger partial charge in [0.25, 0.3) is 5.91 Å². The van der Waals surface area contributed by atoms with E-state index in [2.05, 4.69) is 11.4 Å². The Bertz CT molecular complexity index is 1130. The topological polar surface area (TPSA) is 73.2 Å². The van der Waals surface area contributed by atoms with Crippen LogP contribution in [0.25, 0.3) is 0 Å². The maximum atomic E-state index is 12.9. The lowest BCUT2D eigenvalue weighted by Gasteiger charge is -2.30. The fourth-order valence-corrected chi connectivity index (χ4v) is 3.86. The first kappa shape index (κ1) is 20.4. The number of nitrogens with zero attached hydrogens (tertiary/aromatic N) is 2. The molecule has 5 heteroatoms. The van der Waals surface area contributed by atoms with Crippen LogP contribution in [0, 0.1) is 11.3 Å². The van der Waals surface area contributed by atoms with Crippen LogP contribution in [-0.2, 0) is 17.6 Å². The molecule has 0 saturated heterocycles. The number of fused-ring (bicyclic) bond motifs is 1. The Morgan fingerprint density at radius 3 is 2.52 bits per heavy atom. The number of carbonyl (C=O) groups is 2. The van der Waals surface area contributed by atoms with E-state index in [9.17, 15) is 9.59 Å². The van der Waals surface area contributed by atoms with Gasteiger partial charge in [0.1, 0.15) is 0 Å². The van der Waals surface area contributed by atoms with E-state index in [1.165, 1.54) is 0 Å². The molecule has 0 saturated carbocycles. The van der Waals surface area contributed by atoms with Crippen LogP contribution in [0.4, 0.5) is 11.4 Å². The molecule has 0 radical (unpaired) electrons. The molecule has 0 atom stereocenters. The van der Waals surface area contributed by atoms with Gasteiger partial charge in [-0.1, -0.05) is 30.3 Å². The van der Waals surface area contributed by atoms with Crippen LogP contribution in [0.15, 0.2) is 72.8 Å². The van der Waals surface area contributed by atoms with Gasteiger partial charge in [0.05, 0.1) is 11.6 Å². The maximum Gasteiger partial charge on any atom is 0.255 e. The molecule has 0 aromatic heterocycles. The Labute approximate surface area is 181 Å². The first-order valence-corrected chi connectivity index (χ1v) is 10.4. The first-order chi connectivity index (χ1) is 15.1. The number of amides is 2. The van der Waals surface area contributed by atoms with E-state index in [0.29, 0.717) is 30.5 Å². The standard InChI is InChI=1S/C26H23N3O2/c27-18-20-10-8-19(9-11-20)12-15-25(30)29-16-4-7-22-17-23(13-14-24(22)29)28-26(31)21-5-2-1-3-6-21/h1-3,5-6,8-11,13-14,17H,4,7,12,15-16H2,(H,28,31). The number of hydrogen-bond donors (Lipinski definition) is 1. The number of aryl methyl sites for hydroxylation is 2. The van der Waals surface area contributed by atoms with Crippen molar-refractivity contribution in [1.82, 2.24) is 0 Å². The van der Waals surface area contributed by atoms with Crippen LogP contribution in [0.3, 0.4) is 0 Å². The second-order valence-electron chi connectivity index (χ2n) is 7.62. The van der Waals surface area contributed by atoms with Crippen LogP contribution in [0.5, 0.6) is 0 Å². The zero-order valence-electron chi connectivity index (χ0n) is 17.2. The normalized spacial score (nSPS) is 12.5. The van der Waals surface area contributed by atoms with Gasteiger partial charge in [-0.05, 0) is 72.9 Å². The molecule has 4 rings (SSSR count). The van der Waals surface area contributed by atoms with Crippen molar-refractivity contribution in [1.29, 1.82) is 5.26 Å². The summed E-state index contributed by atoms with van der Waals surface area (Å²) in [5, 5.41) is 11.8. The molecule has 0 bridgehead atoms. The maximum absolute atomic E-state index is 12.9. The molecule has 3 aromatic rings.